The molecule has 0 unspecified atom stereocenters. The van der Waals surface area contributed by atoms with E-state index in [0.29, 0.717) is 5.56 Å². The van der Waals surface area contributed by atoms with Gasteiger partial charge in [0.2, 0.25) is 0 Å². The lowest BCUT2D eigenvalue weighted by atomic mass is 9.88. The highest BCUT2D eigenvalue weighted by Crippen LogP contribution is 2.38. The Hall–Kier alpha value is -1.92. The van der Waals surface area contributed by atoms with Crippen LogP contribution in [0.15, 0.2) is 24.8 Å². The maximum absolute atomic E-state index is 12.9. The third-order valence-electron chi connectivity index (χ3n) is 3.25. The van der Waals surface area contributed by atoms with Crippen LogP contribution in [0.1, 0.15) is 34.3 Å². The molecule has 1 aliphatic carbocycles. The molecule has 1 saturated carbocycles. The summed E-state index contributed by atoms with van der Waals surface area (Å²) in [6.07, 6.45) is -4.51. The first-order valence-electron chi connectivity index (χ1n) is 6.15. The molecular formula is C14H12F5NO. The Morgan fingerprint density at radius 1 is 1.33 bits per heavy atom. The maximum Gasteiger partial charge on any atom is 0.417 e. The lowest BCUT2D eigenvalue weighted by Crippen LogP contribution is -2.50. The van der Waals surface area contributed by atoms with Gasteiger partial charge in [0.05, 0.1) is 11.1 Å². The van der Waals surface area contributed by atoms with Crippen molar-refractivity contribution < 1.29 is 26.7 Å². The molecule has 0 saturated heterocycles. The summed E-state index contributed by atoms with van der Waals surface area (Å²) in [7, 11) is 0. The zero-order valence-corrected chi connectivity index (χ0v) is 10.8. The lowest BCUT2D eigenvalue weighted by Gasteiger charge is -2.35. The topological polar surface area (TPSA) is 29.1 Å². The molecule has 0 aliphatic heterocycles. The highest BCUT2D eigenvalue weighted by atomic mass is 19.4. The summed E-state index contributed by atoms with van der Waals surface area (Å²) in [4.78, 5) is 11.9. The van der Waals surface area contributed by atoms with Crippen LogP contribution in [0.2, 0.25) is 0 Å². The molecule has 1 aromatic carbocycles. The van der Waals surface area contributed by atoms with E-state index in [-0.39, 0.29) is 0 Å². The summed E-state index contributed by atoms with van der Waals surface area (Å²) in [6, 6.07) is 2.20. The van der Waals surface area contributed by atoms with Crippen LogP contribution in [-0.2, 0) is 6.18 Å². The molecular weight excluding hydrogens is 293 g/mol. The van der Waals surface area contributed by atoms with Crippen molar-refractivity contribution in [3.8, 4) is 0 Å². The van der Waals surface area contributed by atoms with Gasteiger partial charge in [-0.3, -0.25) is 4.79 Å². The van der Waals surface area contributed by atoms with Crippen molar-refractivity contribution in [1.29, 1.82) is 0 Å². The molecule has 2 nitrogen and oxygen atoms in total. The van der Waals surface area contributed by atoms with Gasteiger partial charge in [-0.1, -0.05) is 18.7 Å². The van der Waals surface area contributed by atoms with Gasteiger partial charge in [0.1, 0.15) is 0 Å². The van der Waals surface area contributed by atoms with Crippen LogP contribution in [0, 0.1) is 0 Å². The molecule has 1 aromatic rings. The van der Waals surface area contributed by atoms with Crippen LogP contribution in [-0.4, -0.2) is 17.9 Å². The standard InChI is InChI=1S/C14H12F5NO/c1-2-8-3-4-11(14(17,18)19)10(5-8)12(21)20-9-6-13(15,16)7-9/h2-5,9H,1,6-7H2,(H,20,21). The summed E-state index contributed by atoms with van der Waals surface area (Å²) in [6.45, 7) is 3.42. The predicted molar refractivity (Wildman–Crippen MR) is 67.0 cm³/mol. The number of nitrogens with one attached hydrogen (secondary N) is 1. The summed E-state index contributed by atoms with van der Waals surface area (Å²) >= 11 is 0. The molecule has 7 heteroatoms. The second-order valence-corrected chi connectivity index (χ2v) is 4.94. The molecule has 1 N–H and O–H groups in total. The first-order valence-corrected chi connectivity index (χ1v) is 6.15. The molecule has 0 atom stereocenters. The summed E-state index contributed by atoms with van der Waals surface area (Å²) in [5, 5.41) is 2.20. The van der Waals surface area contributed by atoms with Crippen LogP contribution in [0.4, 0.5) is 22.0 Å². The van der Waals surface area contributed by atoms with Crippen molar-refractivity contribution in [2.24, 2.45) is 0 Å². The van der Waals surface area contributed by atoms with Crippen molar-refractivity contribution in [3.05, 3.63) is 41.5 Å². The number of benzene rings is 1. The number of halogens is 5. The van der Waals surface area contributed by atoms with E-state index in [1.807, 2.05) is 0 Å². The van der Waals surface area contributed by atoms with E-state index in [2.05, 4.69) is 11.9 Å². The van der Waals surface area contributed by atoms with Gasteiger partial charge < -0.3 is 5.32 Å². The fourth-order valence-electron chi connectivity index (χ4n) is 2.15. The highest BCUT2D eigenvalue weighted by molar-refractivity contribution is 5.96. The number of hydrogen-bond acceptors (Lipinski definition) is 1. The molecule has 1 amide bonds. The second kappa shape index (κ2) is 5.13. The molecule has 0 radical (unpaired) electrons. The first kappa shape index (κ1) is 15.5. The van der Waals surface area contributed by atoms with Gasteiger partial charge in [-0.25, -0.2) is 8.78 Å². The minimum absolute atomic E-state index is 0.340. The average Bonchev–Trinajstić information content (AvgIpc) is 2.34. The quantitative estimate of drug-likeness (QED) is 0.844. The van der Waals surface area contributed by atoms with Crippen molar-refractivity contribution in [2.45, 2.75) is 31.0 Å². The van der Waals surface area contributed by atoms with Crippen molar-refractivity contribution in [3.63, 3.8) is 0 Å². The number of alkyl halides is 5. The monoisotopic (exact) mass is 305 g/mol. The average molecular weight is 305 g/mol. The van der Waals surface area contributed by atoms with E-state index in [1.54, 1.807) is 0 Å². The Bertz CT molecular complexity index is 571. The minimum atomic E-state index is -4.70. The van der Waals surface area contributed by atoms with Crippen LogP contribution >= 0.6 is 0 Å². The number of carbonyl (C=O) groups is 1. The predicted octanol–water partition coefficient (Wildman–Crippen LogP) is 3.88. The minimum Gasteiger partial charge on any atom is -0.349 e. The van der Waals surface area contributed by atoms with E-state index in [9.17, 15) is 26.7 Å². The maximum atomic E-state index is 12.9. The molecule has 0 bridgehead atoms. The molecule has 114 valence electrons. The molecule has 0 aromatic heterocycles. The number of amides is 1. The molecule has 1 fully saturated rings. The third kappa shape index (κ3) is 3.40. The zero-order chi connectivity index (χ0) is 15.8. The lowest BCUT2D eigenvalue weighted by molar-refractivity contribution is -0.138. The normalized spacial score (nSPS) is 18.0. The fourth-order valence-corrected chi connectivity index (χ4v) is 2.15. The third-order valence-corrected chi connectivity index (χ3v) is 3.25. The Morgan fingerprint density at radius 3 is 2.43 bits per heavy atom. The van der Waals surface area contributed by atoms with Crippen LogP contribution in [0.5, 0.6) is 0 Å². The van der Waals surface area contributed by atoms with Crippen molar-refractivity contribution in [2.75, 3.05) is 0 Å². The Balaban J connectivity index is 2.24. The first-order chi connectivity index (χ1) is 9.62. The molecule has 0 spiro atoms. The largest absolute Gasteiger partial charge is 0.417 e. The van der Waals surface area contributed by atoms with E-state index in [4.69, 9.17) is 0 Å². The van der Waals surface area contributed by atoms with E-state index < -0.39 is 48.0 Å². The SMILES string of the molecule is C=Cc1ccc(C(F)(F)F)c(C(=O)NC2CC(F)(F)C2)c1. The van der Waals surface area contributed by atoms with Gasteiger partial charge in [0.15, 0.2) is 0 Å². The highest BCUT2D eigenvalue weighted by Gasteiger charge is 2.46. The van der Waals surface area contributed by atoms with Gasteiger partial charge in [0.25, 0.3) is 11.8 Å². The van der Waals surface area contributed by atoms with E-state index >= 15 is 0 Å². The van der Waals surface area contributed by atoms with Gasteiger partial charge in [-0.2, -0.15) is 13.2 Å². The Kier molecular flexibility index (Phi) is 3.78. The molecule has 0 heterocycles. The van der Waals surface area contributed by atoms with Crippen LogP contribution < -0.4 is 5.32 Å². The van der Waals surface area contributed by atoms with Gasteiger partial charge in [-0.15, -0.1) is 0 Å². The number of carbonyl (C=O) groups excluding carboxylic acids is 1. The van der Waals surface area contributed by atoms with Crippen molar-refractivity contribution in [1.82, 2.24) is 5.32 Å². The second-order valence-electron chi connectivity index (χ2n) is 4.94. The van der Waals surface area contributed by atoms with Crippen molar-refractivity contribution >= 4 is 12.0 Å². The molecule has 1 aliphatic rings. The molecule has 21 heavy (non-hydrogen) atoms. The summed E-state index contributed by atoms with van der Waals surface area (Å²) < 4.78 is 64.0. The Labute approximate surface area is 117 Å². The summed E-state index contributed by atoms with van der Waals surface area (Å²) in [5.41, 5.74) is -1.35. The van der Waals surface area contributed by atoms with E-state index in [0.717, 1.165) is 12.1 Å². The van der Waals surface area contributed by atoms with Gasteiger partial charge in [-0.05, 0) is 17.7 Å². The zero-order valence-electron chi connectivity index (χ0n) is 10.8. The number of rotatable bonds is 3. The molecule has 2 rings (SSSR count). The number of hydrogen-bond donors (Lipinski definition) is 1. The van der Waals surface area contributed by atoms with Crippen LogP contribution in [0.25, 0.3) is 6.08 Å². The smallest absolute Gasteiger partial charge is 0.349 e. The van der Waals surface area contributed by atoms with Gasteiger partial charge in [0, 0.05) is 18.9 Å². The fraction of sp³-hybridized carbons (Fsp3) is 0.357. The van der Waals surface area contributed by atoms with E-state index in [1.165, 1.54) is 12.1 Å². The van der Waals surface area contributed by atoms with Crippen LogP contribution in [0.3, 0.4) is 0 Å². The summed E-state index contributed by atoms with van der Waals surface area (Å²) in [5.74, 6) is -3.86. The van der Waals surface area contributed by atoms with Gasteiger partial charge >= 0.3 is 6.18 Å². The Morgan fingerprint density at radius 2 is 1.95 bits per heavy atom.